The Hall–Kier alpha value is -3.92. The quantitative estimate of drug-likeness (QED) is 0.425. The maximum absolute atomic E-state index is 12.2. The Morgan fingerprint density at radius 2 is 1.79 bits per heavy atom. The second-order valence-corrected chi connectivity index (χ2v) is 8.34. The first-order valence-electron chi connectivity index (χ1n) is 10.4. The number of esters is 1. The third kappa shape index (κ3) is 7.31. The van der Waals surface area contributed by atoms with E-state index >= 15 is 0 Å². The van der Waals surface area contributed by atoms with Gasteiger partial charge in [-0.25, -0.2) is 9.78 Å². The predicted octanol–water partition coefficient (Wildman–Crippen LogP) is 3.26. The molecular formula is C24H25N3O6S. The molecule has 0 fully saturated rings. The van der Waals surface area contributed by atoms with Gasteiger partial charge in [-0.15, -0.1) is 11.3 Å². The number of aryl methyl sites for hydroxylation is 2. The van der Waals surface area contributed by atoms with E-state index in [1.807, 2.05) is 25.3 Å². The van der Waals surface area contributed by atoms with Gasteiger partial charge in [0.05, 0.1) is 35.6 Å². The fourth-order valence-corrected chi connectivity index (χ4v) is 3.47. The molecule has 2 amide bonds. The molecular weight excluding hydrogens is 458 g/mol. The van der Waals surface area contributed by atoms with Crippen molar-refractivity contribution in [2.75, 3.05) is 25.6 Å². The molecule has 2 N–H and O–H groups in total. The van der Waals surface area contributed by atoms with Crippen LogP contribution in [0.5, 0.6) is 11.5 Å². The maximum atomic E-state index is 12.2. The van der Waals surface area contributed by atoms with Crippen molar-refractivity contribution < 1.29 is 28.6 Å². The van der Waals surface area contributed by atoms with E-state index in [1.165, 1.54) is 7.11 Å². The van der Waals surface area contributed by atoms with Crippen LogP contribution >= 0.6 is 11.3 Å². The van der Waals surface area contributed by atoms with Crippen molar-refractivity contribution in [2.24, 2.45) is 0 Å². The highest BCUT2D eigenvalue weighted by Crippen LogP contribution is 2.25. The van der Waals surface area contributed by atoms with E-state index < -0.39 is 24.4 Å². The summed E-state index contributed by atoms with van der Waals surface area (Å²) in [5.74, 6) is -0.610. The number of nitrogens with one attached hydrogen (secondary N) is 2. The monoisotopic (exact) mass is 483 g/mol. The van der Waals surface area contributed by atoms with E-state index in [2.05, 4.69) is 15.6 Å². The Balaban J connectivity index is 1.40. The summed E-state index contributed by atoms with van der Waals surface area (Å²) in [6.07, 6.45) is 0. The van der Waals surface area contributed by atoms with Gasteiger partial charge in [-0.3, -0.25) is 9.59 Å². The van der Waals surface area contributed by atoms with E-state index in [4.69, 9.17) is 14.2 Å². The molecule has 0 aliphatic carbocycles. The topological polar surface area (TPSA) is 116 Å². The zero-order valence-electron chi connectivity index (χ0n) is 19.0. The molecule has 3 aromatic rings. The molecule has 0 spiro atoms. The third-order valence-corrected chi connectivity index (χ3v) is 5.38. The van der Waals surface area contributed by atoms with Crippen LogP contribution in [-0.4, -0.2) is 43.0 Å². The number of rotatable bonds is 10. The van der Waals surface area contributed by atoms with Crippen LogP contribution in [0.2, 0.25) is 0 Å². The van der Waals surface area contributed by atoms with Crippen LogP contribution in [0.1, 0.15) is 26.6 Å². The first-order valence-corrected chi connectivity index (χ1v) is 11.2. The third-order valence-electron chi connectivity index (χ3n) is 4.55. The van der Waals surface area contributed by atoms with Gasteiger partial charge in [-0.2, -0.15) is 0 Å². The predicted molar refractivity (Wildman–Crippen MR) is 127 cm³/mol. The number of thiazole rings is 1. The molecule has 1 heterocycles. The lowest BCUT2D eigenvalue weighted by molar-refractivity contribution is -0.126. The van der Waals surface area contributed by atoms with Crippen molar-refractivity contribution in [3.63, 3.8) is 0 Å². The van der Waals surface area contributed by atoms with Crippen molar-refractivity contribution in [2.45, 2.75) is 20.5 Å². The molecule has 0 saturated heterocycles. The van der Waals surface area contributed by atoms with Crippen molar-refractivity contribution in [1.82, 2.24) is 10.3 Å². The summed E-state index contributed by atoms with van der Waals surface area (Å²) < 4.78 is 15.9. The summed E-state index contributed by atoms with van der Waals surface area (Å²) in [6.45, 7) is 3.35. The second kappa shape index (κ2) is 11.8. The van der Waals surface area contributed by atoms with E-state index in [0.717, 1.165) is 16.3 Å². The zero-order valence-corrected chi connectivity index (χ0v) is 19.9. The smallest absolute Gasteiger partial charge is 0.338 e. The molecule has 0 aliphatic rings. The largest absolute Gasteiger partial charge is 0.495 e. The van der Waals surface area contributed by atoms with Gasteiger partial charge in [0.2, 0.25) is 5.91 Å². The first kappa shape index (κ1) is 24.7. The van der Waals surface area contributed by atoms with E-state index in [0.29, 0.717) is 23.8 Å². The van der Waals surface area contributed by atoms with Crippen molar-refractivity contribution in [3.05, 3.63) is 69.7 Å². The van der Waals surface area contributed by atoms with Gasteiger partial charge >= 0.3 is 5.97 Å². The number of carbonyl (C=O) groups excluding carboxylic acids is 3. The molecule has 0 atom stereocenters. The summed E-state index contributed by atoms with van der Waals surface area (Å²) in [4.78, 5) is 40.6. The molecule has 3 rings (SSSR count). The minimum absolute atomic E-state index is 0.272. The Morgan fingerprint density at radius 3 is 2.47 bits per heavy atom. The molecule has 2 aromatic carbocycles. The minimum atomic E-state index is -0.661. The van der Waals surface area contributed by atoms with Crippen LogP contribution < -0.4 is 20.1 Å². The van der Waals surface area contributed by atoms with Crippen LogP contribution in [0.25, 0.3) is 0 Å². The summed E-state index contributed by atoms with van der Waals surface area (Å²) in [5.41, 5.74) is 2.56. The molecule has 0 bridgehead atoms. The molecule has 9 nitrogen and oxygen atoms in total. The Morgan fingerprint density at radius 1 is 1.03 bits per heavy atom. The molecule has 1 aromatic heterocycles. The molecule has 178 valence electrons. The lowest BCUT2D eigenvalue weighted by Crippen LogP contribution is -2.35. The van der Waals surface area contributed by atoms with Gasteiger partial charge in [0, 0.05) is 5.38 Å². The average Bonchev–Trinajstić information content (AvgIpc) is 3.25. The van der Waals surface area contributed by atoms with Crippen molar-refractivity contribution in [3.8, 4) is 11.5 Å². The van der Waals surface area contributed by atoms with Crippen molar-refractivity contribution in [1.29, 1.82) is 0 Å². The number of nitrogens with zero attached hydrogens (tertiary/aromatic N) is 1. The van der Waals surface area contributed by atoms with Crippen LogP contribution in [0.3, 0.4) is 0 Å². The fraction of sp³-hybridized carbons (Fsp3) is 0.250. The van der Waals surface area contributed by atoms with E-state index in [1.54, 1.807) is 47.7 Å². The lowest BCUT2D eigenvalue weighted by Gasteiger charge is -2.11. The van der Waals surface area contributed by atoms with Gasteiger partial charge in [0.1, 0.15) is 18.1 Å². The number of ether oxygens (including phenoxy) is 3. The van der Waals surface area contributed by atoms with E-state index in [9.17, 15) is 14.4 Å². The van der Waals surface area contributed by atoms with Gasteiger partial charge < -0.3 is 24.8 Å². The summed E-state index contributed by atoms with van der Waals surface area (Å²) in [7, 11) is 1.50. The summed E-state index contributed by atoms with van der Waals surface area (Å²) >= 11 is 1.55. The number of hydrogen-bond donors (Lipinski definition) is 2. The van der Waals surface area contributed by atoms with Crippen LogP contribution in [0.4, 0.5) is 5.69 Å². The highest BCUT2D eigenvalue weighted by molar-refractivity contribution is 7.09. The second-order valence-electron chi connectivity index (χ2n) is 7.28. The van der Waals surface area contributed by atoms with Crippen molar-refractivity contribution >= 4 is 34.8 Å². The number of carbonyl (C=O) groups is 3. The Bertz CT molecular complexity index is 1160. The SMILES string of the molecule is COc1ccc(C)cc1NC(=O)CNC(=O)COC(=O)c1ccc(OCc2csc(C)n2)cc1. The Labute approximate surface area is 201 Å². The van der Waals surface area contributed by atoms with Gasteiger partial charge in [0.25, 0.3) is 5.91 Å². The number of benzene rings is 2. The number of anilines is 1. The Kier molecular flexibility index (Phi) is 8.58. The van der Waals surface area contributed by atoms with Gasteiger partial charge in [-0.05, 0) is 55.8 Å². The molecule has 0 aliphatic heterocycles. The van der Waals surface area contributed by atoms with Crippen LogP contribution in [0, 0.1) is 13.8 Å². The molecule has 10 heteroatoms. The lowest BCUT2D eigenvalue weighted by atomic mass is 10.2. The fourth-order valence-electron chi connectivity index (χ4n) is 2.88. The summed E-state index contributed by atoms with van der Waals surface area (Å²) in [6, 6.07) is 11.7. The zero-order chi connectivity index (χ0) is 24.5. The van der Waals surface area contributed by atoms with Gasteiger partial charge in [-0.1, -0.05) is 6.07 Å². The molecule has 0 unspecified atom stereocenters. The van der Waals surface area contributed by atoms with Crippen LogP contribution in [-0.2, 0) is 20.9 Å². The number of amides is 2. The molecule has 34 heavy (non-hydrogen) atoms. The van der Waals surface area contributed by atoms with Crippen LogP contribution in [0.15, 0.2) is 47.8 Å². The first-order chi connectivity index (χ1) is 16.3. The highest BCUT2D eigenvalue weighted by Gasteiger charge is 2.13. The number of aromatic nitrogens is 1. The van der Waals surface area contributed by atoms with E-state index in [-0.39, 0.29) is 12.1 Å². The maximum Gasteiger partial charge on any atom is 0.338 e. The highest BCUT2D eigenvalue weighted by atomic mass is 32.1. The number of hydrogen-bond acceptors (Lipinski definition) is 8. The minimum Gasteiger partial charge on any atom is -0.495 e. The number of methoxy groups -OCH3 is 1. The average molecular weight is 484 g/mol. The molecule has 0 saturated carbocycles. The summed E-state index contributed by atoms with van der Waals surface area (Å²) in [5, 5.41) is 7.98. The molecule has 0 radical (unpaired) electrons. The van der Waals surface area contributed by atoms with Gasteiger partial charge in [0.15, 0.2) is 6.61 Å². The normalized spacial score (nSPS) is 10.3. The standard InChI is InChI=1S/C24H25N3O6S/c1-15-4-9-21(31-3)20(10-15)27-22(28)11-25-23(29)13-33-24(30)17-5-7-19(8-6-17)32-12-18-14-34-16(2)26-18/h4-10,14H,11-13H2,1-3H3,(H,25,29)(H,27,28).